The normalized spacial score (nSPS) is 10.4. The summed E-state index contributed by atoms with van der Waals surface area (Å²) < 4.78 is 1.95. The van der Waals surface area contributed by atoms with Crippen molar-refractivity contribution >= 4 is 0 Å². The molecule has 2 aromatic heterocycles. The zero-order chi connectivity index (χ0) is 9.80. The lowest BCUT2D eigenvalue weighted by Gasteiger charge is -2.00. The number of hydrogen-bond donors (Lipinski definition) is 0. The Bertz CT molecular complexity index is 392. The summed E-state index contributed by atoms with van der Waals surface area (Å²) in [5.74, 6) is 0. The smallest absolute Gasteiger partial charge is 0.0593 e. The molecule has 0 amide bonds. The minimum Gasteiger partial charge on any atom is -0.272 e. The van der Waals surface area contributed by atoms with Gasteiger partial charge < -0.3 is 0 Å². The van der Waals surface area contributed by atoms with E-state index in [4.69, 9.17) is 0 Å². The summed E-state index contributed by atoms with van der Waals surface area (Å²) >= 11 is 0. The van der Waals surface area contributed by atoms with Crippen LogP contribution in [0.25, 0.3) is 0 Å². The average molecular weight is 187 g/mol. The fraction of sp³-hybridized carbons (Fsp3) is 0.273. The molecule has 0 aromatic carbocycles. The predicted octanol–water partition coefficient (Wildman–Crippen LogP) is 1.83. The first-order valence-electron chi connectivity index (χ1n) is 4.74. The fourth-order valence-corrected chi connectivity index (χ4v) is 1.36. The maximum atomic E-state index is 4.31. The first kappa shape index (κ1) is 8.94. The summed E-state index contributed by atoms with van der Waals surface area (Å²) in [7, 11) is 0. The van der Waals surface area contributed by atoms with Gasteiger partial charge in [0, 0.05) is 31.1 Å². The van der Waals surface area contributed by atoms with Gasteiger partial charge in [-0.3, -0.25) is 9.67 Å². The Hall–Kier alpha value is -1.64. The summed E-state index contributed by atoms with van der Waals surface area (Å²) in [6.45, 7) is 2.89. The van der Waals surface area contributed by atoms with Crippen LogP contribution in [0.3, 0.4) is 0 Å². The highest BCUT2D eigenvalue weighted by molar-refractivity contribution is 5.03. The highest BCUT2D eigenvalue weighted by atomic mass is 15.3. The van der Waals surface area contributed by atoms with Crippen molar-refractivity contribution in [1.82, 2.24) is 14.8 Å². The van der Waals surface area contributed by atoms with Crippen molar-refractivity contribution in [3.63, 3.8) is 0 Å². The monoisotopic (exact) mass is 187 g/mol. The Morgan fingerprint density at radius 3 is 2.86 bits per heavy atom. The number of aryl methyl sites for hydroxylation is 3. The summed E-state index contributed by atoms with van der Waals surface area (Å²) in [6.07, 6.45) is 4.75. The highest BCUT2D eigenvalue weighted by Gasteiger charge is 1.96. The molecule has 2 aromatic rings. The molecule has 14 heavy (non-hydrogen) atoms. The van der Waals surface area contributed by atoms with E-state index in [2.05, 4.69) is 10.1 Å². The van der Waals surface area contributed by atoms with E-state index in [0.29, 0.717) is 0 Å². The molecular formula is C11H13N3. The van der Waals surface area contributed by atoms with Crippen LogP contribution in [-0.2, 0) is 13.0 Å². The van der Waals surface area contributed by atoms with Crippen LogP contribution in [0.4, 0.5) is 0 Å². The third-order valence-electron chi connectivity index (χ3n) is 2.10. The van der Waals surface area contributed by atoms with E-state index in [-0.39, 0.29) is 0 Å². The summed E-state index contributed by atoms with van der Waals surface area (Å²) in [4.78, 5) is 4.26. The molecule has 3 nitrogen and oxygen atoms in total. The fourth-order valence-electron chi connectivity index (χ4n) is 1.36. The van der Waals surface area contributed by atoms with Crippen LogP contribution in [-0.4, -0.2) is 14.8 Å². The summed E-state index contributed by atoms with van der Waals surface area (Å²) in [5.41, 5.74) is 2.17. The highest BCUT2D eigenvalue weighted by Crippen LogP contribution is 1.98. The minimum atomic E-state index is 0.894. The van der Waals surface area contributed by atoms with Crippen LogP contribution in [0.5, 0.6) is 0 Å². The van der Waals surface area contributed by atoms with E-state index in [1.54, 1.807) is 0 Å². The molecule has 0 bridgehead atoms. The van der Waals surface area contributed by atoms with Crippen molar-refractivity contribution in [2.75, 3.05) is 0 Å². The summed E-state index contributed by atoms with van der Waals surface area (Å²) in [5, 5.41) is 4.31. The Kier molecular flexibility index (Phi) is 2.58. The summed E-state index contributed by atoms with van der Waals surface area (Å²) in [6, 6.07) is 7.99. The van der Waals surface area contributed by atoms with E-state index in [1.165, 1.54) is 0 Å². The molecule has 0 saturated carbocycles. The van der Waals surface area contributed by atoms with Gasteiger partial charge in [-0.1, -0.05) is 6.07 Å². The van der Waals surface area contributed by atoms with Gasteiger partial charge in [0.2, 0.25) is 0 Å². The first-order valence-corrected chi connectivity index (χ1v) is 4.74. The van der Waals surface area contributed by atoms with Crippen LogP contribution in [0.15, 0.2) is 36.7 Å². The van der Waals surface area contributed by atoms with Gasteiger partial charge in [0.1, 0.15) is 0 Å². The van der Waals surface area contributed by atoms with Gasteiger partial charge in [0.15, 0.2) is 0 Å². The van der Waals surface area contributed by atoms with Crippen LogP contribution in [0.1, 0.15) is 11.4 Å². The van der Waals surface area contributed by atoms with Crippen molar-refractivity contribution in [2.24, 2.45) is 0 Å². The second-order valence-corrected chi connectivity index (χ2v) is 3.29. The molecule has 3 heteroatoms. The molecule has 0 aliphatic rings. The number of rotatable bonds is 3. The third-order valence-corrected chi connectivity index (χ3v) is 2.10. The molecular weight excluding hydrogens is 174 g/mol. The molecule has 0 atom stereocenters. The number of aromatic nitrogens is 3. The van der Waals surface area contributed by atoms with Crippen LogP contribution >= 0.6 is 0 Å². The van der Waals surface area contributed by atoms with E-state index < -0.39 is 0 Å². The van der Waals surface area contributed by atoms with Crippen LogP contribution in [0, 0.1) is 6.92 Å². The number of nitrogens with zero attached hydrogens (tertiary/aromatic N) is 3. The lowest BCUT2D eigenvalue weighted by atomic mass is 10.3. The van der Waals surface area contributed by atoms with Crippen molar-refractivity contribution in [3.8, 4) is 0 Å². The molecule has 0 radical (unpaired) electrons. The quantitative estimate of drug-likeness (QED) is 0.734. The van der Waals surface area contributed by atoms with Gasteiger partial charge >= 0.3 is 0 Å². The predicted molar refractivity (Wildman–Crippen MR) is 54.9 cm³/mol. The lowest BCUT2D eigenvalue weighted by Crippen LogP contribution is -2.03. The first-order chi connectivity index (χ1) is 6.84. The van der Waals surface area contributed by atoms with Crippen LogP contribution in [0.2, 0.25) is 0 Å². The van der Waals surface area contributed by atoms with Gasteiger partial charge in [-0.05, 0) is 25.1 Å². The van der Waals surface area contributed by atoms with Gasteiger partial charge in [-0.2, -0.15) is 5.10 Å². The van der Waals surface area contributed by atoms with E-state index in [0.717, 1.165) is 24.4 Å². The standard InChI is InChI=1S/C11H13N3/c1-10-5-8-14(13-10)9-6-11-4-2-3-7-12-11/h2-5,7-8H,6,9H2,1H3. The molecule has 2 rings (SSSR count). The Balaban J connectivity index is 1.95. The topological polar surface area (TPSA) is 30.7 Å². The minimum absolute atomic E-state index is 0.894. The Morgan fingerprint density at radius 2 is 2.21 bits per heavy atom. The zero-order valence-electron chi connectivity index (χ0n) is 8.22. The van der Waals surface area contributed by atoms with Crippen molar-refractivity contribution in [1.29, 1.82) is 0 Å². The second kappa shape index (κ2) is 4.05. The Morgan fingerprint density at radius 1 is 1.29 bits per heavy atom. The van der Waals surface area contributed by atoms with Crippen LogP contribution < -0.4 is 0 Å². The van der Waals surface area contributed by atoms with Crippen molar-refractivity contribution in [2.45, 2.75) is 19.9 Å². The Labute approximate surface area is 83.4 Å². The maximum Gasteiger partial charge on any atom is 0.0593 e. The van der Waals surface area contributed by atoms with Gasteiger partial charge in [0.05, 0.1) is 5.69 Å². The molecule has 0 aliphatic carbocycles. The average Bonchev–Trinajstić information content (AvgIpc) is 2.63. The molecule has 0 spiro atoms. The van der Waals surface area contributed by atoms with E-state index in [9.17, 15) is 0 Å². The molecule has 0 unspecified atom stereocenters. The lowest BCUT2D eigenvalue weighted by molar-refractivity contribution is 0.604. The number of pyridine rings is 1. The van der Waals surface area contributed by atoms with E-state index in [1.807, 2.05) is 48.3 Å². The molecule has 2 heterocycles. The zero-order valence-corrected chi connectivity index (χ0v) is 8.22. The largest absolute Gasteiger partial charge is 0.272 e. The number of hydrogen-bond acceptors (Lipinski definition) is 2. The molecule has 0 aliphatic heterocycles. The molecule has 72 valence electrons. The molecule has 0 saturated heterocycles. The molecule has 0 fully saturated rings. The van der Waals surface area contributed by atoms with Gasteiger partial charge in [-0.15, -0.1) is 0 Å². The van der Waals surface area contributed by atoms with Gasteiger partial charge in [0.25, 0.3) is 0 Å². The van der Waals surface area contributed by atoms with E-state index >= 15 is 0 Å². The maximum absolute atomic E-state index is 4.31. The van der Waals surface area contributed by atoms with Crippen molar-refractivity contribution < 1.29 is 0 Å². The van der Waals surface area contributed by atoms with Crippen molar-refractivity contribution in [3.05, 3.63) is 48.0 Å². The third kappa shape index (κ3) is 2.19. The second-order valence-electron chi connectivity index (χ2n) is 3.29. The van der Waals surface area contributed by atoms with Gasteiger partial charge in [-0.25, -0.2) is 0 Å². The molecule has 0 N–H and O–H groups in total. The SMILES string of the molecule is Cc1ccn(CCc2ccccn2)n1.